The van der Waals surface area contributed by atoms with E-state index < -0.39 is 0 Å². The largest absolute Gasteiger partial charge is 0.332 e. The lowest BCUT2D eigenvalue weighted by atomic mass is 10.0. The summed E-state index contributed by atoms with van der Waals surface area (Å²) < 4.78 is 2.21. The average Bonchev–Trinajstić information content (AvgIpc) is 2.46. The van der Waals surface area contributed by atoms with E-state index in [1.165, 1.54) is 12.8 Å². The minimum Gasteiger partial charge on any atom is -0.332 e. The number of para-hydroxylation sites is 1. The summed E-state index contributed by atoms with van der Waals surface area (Å²) in [5.41, 5.74) is 0.839. The molecule has 1 heterocycles. The predicted molar refractivity (Wildman–Crippen MR) is 86.7 cm³/mol. The minimum atomic E-state index is 0.0212. The van der Waals surface area contributed by atoms with Crippen molar-refractivity contribution in [3.8, 4) is 0 Å². The summed E-state index contributed by atoms with van der Waals surface area (Å²) >= 11 is 5.30. The number of benzene rings is 1. The van der Waals surface area contributed by atoms with Crippen LogP contribution in [-0.4, -0.2) is 9.55 Å². The van der Waals surface area contributed by atoms with Gasteiger partial charge in [-0.25, -0.2) is 0 Å². The van der Waals surface area contributed by atoms with E-state index in [-0.39, 0.29) is 5.56 Å². The quantitative estimate of drug-likeness (QED) is 0.637. The number of hydrogen-bond donors (Lipinski definition) is 1. The minimum absolute atomic E-state index is 0.0212. The summed E-state index contributed by atoms with van der Waals surface area (Å²) in [6, 6.07) is 7.52. The van der Waals surface area contributed by atoms with Crippen molar-refractivity contribution in [2.24, 2.45) is 5.92 Å². The van der Waals surface area contributed by atoms with E-state index in [9.17, 15) is 4.79 Å². The van der Waals surface area contributed by atoms with Gasteiger partial charge in [0.05, 0.1) is 10.9 Å². The number of H-pyrrole nitrogens is 1. The molecular weight excluding hydrogens is 268 g/mol. The molecule has 1 aromatic carbocycles. The molecule has 20 heavy (non-hydrogen) atoms. The Bertz CT molecular complexity index is 687. The van der Waals surface area contributed by atoms with Crippen molar-refractivity contribution < 1.29 is 0 Å². The van der Waals surface area contributed by atoms with Crippen molar-refractivity contribution in [2.75, 3.05) is 0 Å². The summed E-state index contributed by atoms with van der Waals surface area (Å²) in [6.45, 7) is 5.19. The van der Waals surface area contributed by atoms with Crippen LogP contribution in [0.15, 0.2) is 29.1 Å². The molecule has 0 amide bonds. The summed E-state index contributed by atoms with van der Waals surface area (Å²) in [7, 11) is 0. The molecule has 0 fully saturated rings. The molecule has 2 rings (SSSR count). The Morgan fingerprint density at radius 3 is 2.80 bits per heavy atom. The number of aromatic nitrogens is 2. The van der Waals surface area contributed by atoms with Gasteiger partial charge >= 0.3 is 0 Å². The Hall–Kier alpha value is -1.42. The Morgan fingerprint density at radius 2 is 2.05 bits per heavy atom. The fraction of sp³-hybridized carbons (Fsp3) is 0.500. The van der Waals surface area contributed by atoms with Crippen LogP contribution in [0.3, 0.4) is 0 Å². The first-order valence-electron chi connectivity index (χ1n) is 7.35. The number of rotatable bonds is 6. The maximum absolute atomic E-state index is 12.4. The van der Waals surface area contributed by atoms with Crippen LogP contribution >= 0.6 is 12.2 Å². The van der Waals surface area contributed by atoms with Crippen LogP contribution in [0.25, 0.3) is 10.9 Å². The van der Waals surface area contributed by atoms with Gasteiger partial charge in [-0.2, -0.15) is 0 Å². The Kier molecular flexibility index (Phi) is 5.12. The molecule has 0 saturated heterocycles. The fourth-order valence-corrected chi connectivity index (χ4v) is 2.65. The Morgan fingerprint density at radius 1 is 1.30 bits per heavy atom. The SMILES string of the molecule is CCC(C)CCCCn1c(=S)[nH]c2ccccc2c1=O. The number of nitrogens with zero attached hydrogens (tertiary/aromatic N) is 1. The zero-order valence-corrected chi connectivity index (χ0v) is 13.0. The summed E-state index contributed by atoms with van der Waals surface area (Å²) in [5, 5.41) is 0.711. The molecule has 1 atom stereocenters. The number of hydrogen-bond acceptors (Lipinski definition) is 2. The molecule has 0 saturated carbocycles. The van der Waals surface area contributed by atoms with Crippen LogP contribution < -0.4 is 5.56 Å². The van der Waals surface area contributed by atoms with Crippen molar-refractivity contribution in [1.82, 2.24) is 9.55 Å². The van der Waals surface area contributed by atoms with Gasteiger partial charge in [-0.15, -0.1) is 0 Å². The summed E-state index contributed by atoms with van der Waals surface area (Å²) in [6.07, 6.45) is 4.58. The van der Waals surface area contributed by atoms with Gasteiger partial charge in [-0.05, 0) is 36.7 Å². The molecule has 108 valence electrons. The van der Waals surface area contributed by atoms with Gasteiger partial charge in [0.2, 0.25) is 0 Å². The van der Waals surface area contributed by atoms with Crippen molar-refractivity contribution in [1.29, 1.82) is 0 Å². The van der Waals surface area contributed by atoms with Gasteiger partial charge in [-0.3, -0.25) is 9.36 Å². The summed E-state index contributed by atoms with van der Waals surface area (Å²) in [4.78, 5) is 15.5. The van der Waals surface area contributed by atoms with Gasteiger partial charge < -0.3 is 4.98 Å². The van der Waals surface area contributed by atoms with E-state index in [2.05, 4.69) is 18.8 Å². The molecule has 0 aliphatic heterocycles. The van der Waals surface area contributed by atoms with Crippen molar-refractivity contribution in [3.05, 3.63) is 39.4 Å². The first-order valence-corrected chi connectivity index (χ1v) is 7.76. The first-order chi connectivity index (χ1) is 9.63. The molecule has 3 nitrogen and oxygen atoms in total. The molecule has 0 aliphatic rings. The van der Waals surface area contributed by atoms with Crippen LogP contribution in [0.1, 0.15) is 39.5 Å². The highest BCUT2D eigenvalue weighted by atomic mass is 32.1. The van der Waals surface area contributed by atoms with E-state index >= 15 is 0 Å². The second kappa shape index (κ2) is 6.84. The van der Waals surface area contributed by atoms with Gasteiger partial charge in [0.25, 0.3) is 5.56 Å². The molecule has 0 spiro atoms. The predicted octanol–water partition coefficient (Wildman–Crippen LogP) is 4.28. The number of unbranched alkanes of at least 4 members (excludes halogenated alkanes) is 1. The molecule has 0 bridgehead atoms. The van der Waals surface area contributed by atoms with Crippen molar-refractivity contribution in [2.45, 2.75) is 46.1 Å². The van der Waals surface area contributed by atoms with Crippen molar-refractivity contribution in [3.63, 3.8) is 0 Å². The van der Waals surface area contributed by atoms with Gasteiger partial charge in [-0.1, -0.05) is 45.2 Å². The lowest BCUT2D eigenvalue weighted by Gasteiger charge is -2.10. The zero-order valence-electron chi connectivity index (χ0n) is 12.2. The van der Waals surface area contributed by atoms with Crippen LogP contribution in [-0.2, 0) is 6.54 Å². The fourth-order valence-electron chi connectivity index (χ4n) is 2.37. The van der Waals surface area contributed by atoms with Crippen LogP contribution in [0.4, 0.5) is 0 Å². The van der Waals surface area contributed by atoms with Gasteiger partial charge in [0.15, 0.2) is 4.77 Å². The molecule has 1 unspecified atom stereocenters. The highest BCUT2D eigenvalue weighted by Gasteiger charge is 2.05. The van der Waals surface area contributed by atoms with E-state index in [1.54, 1.807) is 4.57 Å². The maximum atomic E-state index is 12.4. The maximum Gasteiger partial charge on any atom is 0.262 e. The van der Waals surface area contributed by atoms with E-state index in [0.29, 0.717) is 16.7 Å². The van der Waals surface area contributed by atoms with Crippen molar-refractivity contribution >= 4 is 23.1 Å². The van der Waals surface area contributed by atoms with Gasteiger partial charge in [0, 0.05) is 6.54 Å². The van der Waals surface area contributed by atoms with Crippen LogP contribution in [0, 0.1) is 10.7 Å². The monoisotopic (exact) mass is 290 g/mol. The smallest absolute Gasteiger partial charge is 0.262 e. The standard InChI is InChI=1S/C16H22N2OS/c1-3-12(2)8-6-7-11-18-15(19)13-9-4-5-10-14(13)17-16(18)20/h4-5,9-10,12H,3,6-8,11H2,1-2H3,(H,17,20). The van der Waals surface area contributed by atoms with Gasteiger partial charge in [0.1, 0.15) is 0 Å². The van der Waals surface area contributed by atoms with E-state index in [1.807, 2.05) is 24.3 Å². The second-order valence-corrected chi connectivity index (χ2v) is 5.83. The van der Waals surface area contributed by atoms with Crippen LogP contribution in [0.5, 0.6) is 0 Å². The second-order valence-electron chi connectivity index (χ2n) is 5.44. The molecule has 0 aliphatic carbocycles. The first kappa shape index (κ1) is 15.0. The number of fused-ring (bicyclic) bond motifs is 1. The molecule has 1 N–H and O–H groups in total. The molecule has 4 heteroatoms. The third kappa shape index (κ3) is 3.37. The molecule has 0 radical (unpaired) electrons. The Balaban J connectivity index is 2.14. The molecular formula is C16H22N2OS. The Labute approximate surface area is 124 Å². The summed E-state index contributed by atoms with van der Waals surface area (Å²) in [5.74, 6) is 0.762. The lowest BCUT2D eigenvalue weighted by Crippen LogP contribution is -2.22. The highest BCUT2D eigenvalue weighted by Crippen LogP contribution is 2.12. The third-order valence-corrected chi connectivity index (χ3v) is 4.24. The number of nitrogens with one attached hydrogen (secondary N) is 1. The average molecular weight is 290 g/mol. The highest BCUT2D eigenvalue weighted by molar-refractivity contribution is 7.71. The molecule has 1 aromatic heterocycles. The van der Waals surface area contributed by atoms with Crippen LogP contribution in [0.2, 0.25) is 0 Å². The van der Waals surface area contributed by atoms with E-state index in [4.69, 9.17) is 12.2 Å². The normalized spacial score (nSPS) is 12.7. The lowest BCUT2D eigenvalue weighted by molar-refractivity contribution is 0.464. The zero-order chi connectivity index (χ0) is 14.5. The molecule has 2 aromatic rings. The third-order valence-electron chi connectivity index (χ3n) is 3.91. The topological polar surface area (TPSA) is 37.8 Å². The van der Waals surface area contributed by atoms with E-state index in [0.717, 1.165) is 24.3 Å². The number of aromatic amines is 1.